The molecule has 0 unspecified atom stereocenters. The first kappa shape index (κ1) is 15.1. The number of hydrogen-bond donors (Lipinski definition) is 2. The molecule has 0 aliphatic heterocycles. The van der Waals surface area contributed by atoms with Crippen LogP contribution in [-0.4, -0.2) is 17.1 Å². The van der Waals surface area contributed by atoms with Gasteiger partial charge in [0.2, 0.25) is 0 Å². The Morgan fingerprint density at radius 3 is 2.72 bits per heavy atom. The first-order valence-electron chi connectivity index (χ1n) is 5.80. The highest BCUT2D eigenvalue weighted by Crippen LogP contribution is 2.16. The predicted octanol–water partition coefficient (Wildman–Crippen LogP) is 3.18. The summed E-state index contributed by atoms with van der Waals surface area (Å²) in [6.07, 6.45) is 0.519. The lowest BCUT2D eigenvalue weighted by atomic mass is 10.0. The van der Waals surface area contributed by atoms with E-state index in [4.69, 9.17) is 5.11 Å². The van der Waals surface area contributed by atoms with Crippen molar-refractivity contribution in [1.82, 2.24) is 5.32 Å². The fraction of sp³-hybridized carbons (Fsp3) is 0.462. The number of carboxylic acid groups (broad SMARTS) is 1. The van der Waals surface area contributed by atoms with Crippen molar-refractivity contribution in [2.45, 2.75) is 32.9 Å². The van der Waals surface area contributed by atoms with Crippen LogP contribution in [0.2, 0.25) is 0 Å². The number of nitrogens with one attached hydrogen (secondary N) is 1. The van der Waals surface area contributed by atoms with Gasteiger partial charge in [0, 0.05) is 16.6 Å². The quantitative estimate of drug-likeness (QED) is 0.847. The largest absolute Gasteiger partial charge is 0.480 e. The zero-order valence-corrected chi connectivity index (χ0v) is 12.0. The van der Waals surface area contributed by atoms with Gasteiger partial charge in [0.15, 0.2) is 0 Å². The molecule has 18 heavy (non-hydrogen) atoms. The van der Waals surface area contributed by atoms with Crippen LogP contribution in [0.25, 0.3) is 0 Å². The topological polar surface area (TPSA) is 49.3 Å². The molecule has 0 amide bonds. The molecule has 1 aromatic rings. The van der Waals surface area contributed by atoms with Gasteiger partial charge in [0.25, 0.3) is 0 Å². The van der Waals surface area contributed by atoms with E-state index in [-0.39, 0.29) is 18.3 Å². The van der Waals surface area contributed by atoms with Gasteiger partial charge >= 0.3 is 5.97 Å². The predicted molar refractivity (Wildman–Crippen MR) is 71.8 cm³/mol. The highest BCUT2D eigenvalue weighted by molar-refractivity contribution is 9.10. The Bertz CT molecular complexity index is 423. The molecule has 0 aliphatic rings. The van der Waals surface area contributed by atoms with Crippen LogP contribution in [0.4, 0.5) is 4.39 Å². The van der Waals surface area contributed by atoms with Crippen LogP contribution in [0.1, 0.15) is 25.8 Å². The fourth-order valence-electron chi connectivity index (χ4n) is 1.65. The molecule has 0 saturated carbocycles. The minimum absolute atomic E-state index is 0.203. The number of halogens is 2. The standard InChI is InChI=1S/C13H17BrFNO2/c1-8(2)5-12(13(17)18)16-7-9-6-10(14)3-4-11(9)15/h3-4,6,8,12,16H,5,7H2,1-2H3,(H,17,18)/t12-/m0/s1. The molecule has 0 fully saturated rings. The van der Waals surface area contributed by atoms with Gasteiger partial charge in [-0.2, -0.15) is 0 Å². The van der Waals surface area contributed by atoms with Crippen LogP contribution < -0.4 is 5.32 Å². The average molecular weight is 318 g/mol. The second kappa shape index (κ2) is 6.85. The summed E-state index contributed by atoms with van der Waals surface area (Å²) in [6, 6.07) is 3.97. The first-order chi connectivity index (χ1) is 8.40. The van der Waals surface area contributed by atoms with Gasteiger partial charge < -0.3 is 10.4 Å². The molecule has 1 rings (SSSR count). The van der Waals surface area contributed by atoms with Gasteiger partial charge in [-0.3, -0.25) is 4.79 Å². The number of hydrogen-bond acceptors (Lipinski definition) is 2. The summed E-state index contributed by atoms with van der Waals surface area (Å²) >= 11 is 3.26. The maximum absolute atomic E-state index is 13.5. The Labute approximate surface area is 115 Å². The van der Waals surface area contributed by atoms with E-state index in [1.165, 1.54) is 6.07 Å². The summed E-state index contributed by atoms with van der Waals surface area (Å²) in [5, 5.41) is 11.9. The van der Waals surface area contributed by atoms with Crippen molar-refractivity contribution in [2.75, 3.05) is 0 Å². The SMILES string of the molecule is CC(C)C[C@H](NCc1cc(Br)ccc1F)C(=O)O. The molecule has 1 atom stereocenters. The molecule has 2 N–H and O–H groups in total. The molecule has 1 aromatic carbocycles. The monoisotopic (exact) mass is 317 g/mol. The average Bonchev–Trinajstić information content (AvgIpc) is 2.27. The lowest BCUT2D eigenvalue weighted by Gasteiger charge is -2.16. The summed E-state index contributed by atoms with van der Waals surface area (Å²) in [6.45, 7) is 4.11. The summed E-state index contributed by atoms with van der Waals surface area (Å²) in [7, 11) is 0. The summed E-state index contributed by atoms with van der Waals surface area (Å²) in [5.41, 5.74) is 0.458. The number of rotatable bonds is 6. The zero-order valence-electron chi connectivity index (χ0n) is 10.4. The van der Waals surface area contributed by atoms with Crippen LogP contribution in [0, 0.1) is 11.7 Å². The van der Waals surface area contributed by atoms with Crippen molar-refractivity contribution in [3.8, 4) is 0 Å². The van der Waals surface area contributed by atoms with Crippen molar-refractivity contribution in [1.29, 1.82) is 0 Å². The van der Waals surface area contributed by atoms with E-state index in [0.717, 1.165) is 4.47 Å². The highest BCUT2D eigenvalue weighted by atomic mass is 79.9. The lowest BCUT2D eigenvalue weighted by molar-refractivity contribution is -0.140. The van der Waals surface area contributed by atoms with Gasteiger partial charge in [0.1, 0.15) is 11.9 Å². The third kappa shape index (κ3) is 4.74. The Kier molecular flexibility index (Phi) is 5.75. The molecule has 100 valence electrons. The van der Waals surface area contributed by atoms with E-state index < -0.39 is 12.0 Å². The van der Waals surface area contributed by atoms with Crippen LogP contribution in [-0.2, 0) is 11.3 Å². The minimum Gasteiger partial charge on any atom is -0.480 e. The molecular weight excluding hydrogens is 301 g/mol. The molecule has 0 heterocycles. The molecule has 0 aromatic heterocycles. The number of carbonyl (C=O) groups is 1. The van der Waals surface area contributed by atoms with Gasteiger partial charge in [0.05, 0.1) is 0 Å². The smallest absolute Gasteiger partial charge is 0.320 e. The zero-order chi connectivity index (χ0) is 13.7. The number of benzene rings is 1. The molecule has 0 bridgehead atoms. The van der Waals surface area contributed by atoms with E-state index in [1.807, 2.05) is 13.8 Å². The van der Waals surface area contributed by atoms with Gasteiger partial charge in [-0.25, -0.2) is 4.39 Å². The molecule has 0 spiro atoms. The first-order valence-corrected chi connectivity index (χ1v) is 6.59. The molecule has 3 nitrogen and oxygen atoms in total. The van der Waals surface area contributed by atoms with Crippen molar-refractivity contribution >= 4 is 21.9 Å². The number of carboxylic acids is 1. The molecule has 0 aliphatic carbocycles. The lowest BCUT2D eigenvalue weighted by Crippen LogP contribution is -2.37. The van der Waals surface area contributed by atoms with Gasteiger partial charge in [-0.15, -0.1) is 0 Å². The van der Waals surface area contributed by atoms with Gasteiger partial charge in [-0.05, 0) is 30.5 Å². The summed E-state index contributed by atoms with van der Waals surface area (Å²) in [5.74, 6) is -0.968. The second-order valence-corrected chi connectivity index (χ2v) is 5.55. The van der Waals surface area contributed by atoms with Crippen LogP contribution >= 0.6 is 15.9 Å². The number of aliphatic carboxylic acids is 1. The highest BCUT2D eigenvalue weighted by Gasteiger charge is 2.18. The minimum atomic E-state index is -0.904. The van der Waals surface area contributed by atoms with Crippen molar-refractivity contribution in [3.63, 3.8) is 0 Å². The fourth-order valence-corrected chi connectivity index (χ4v) is 2.06. The molecule has 0 radical (unpaired) electrons. The Morgan fingerprint density at radius 1 is 1.50 bits per heavy atom. The Balaban J connectivity index is 2.66. The van der Waals surface area contributed by atoms with Crippen LogP contribution in [0.15, 0.2) is 22.7 Å². The van der Waals surface area contributed by atoms with Crippen molar-refractivity contribution < 1.29 is 14.3 Å². The Hall–Kier alpha value is -0.940. The third-order valence-electron chi connectivity index (χ3n) is 2.55. The van der Waals surface area contributed by atoms with Crippen LogP contribution in [0.3, 0.4) is 0 Å². The van der Waals surface area contributed by atoms with Crippen LogP contribution in [0.5, 0.6) is 0 Å². The third-order valence-corrected chi connectivity index (χ3v) is 3.05. The maximum Gasteiger partial charge on any atom is 0.320 e. The van der Waals surface area contributed by atoms with E-state index >= 15 is 0 Å². The van der Waals surface area contributed by atoms with E-state index in [0.29, 0.717) is 12.0 Å². The normalized spacial score (nSPS) is 12.7. The second-order valence-electron chi connectivity index (χ2n) is 4.64. The molecule has 5 heteroatoms. The van der Waals surface area contributed by atoms with Crippen molar-refractivity contribution in [3.05, 3.63) is 34.1 Å². The Morgan fingerprint density at radius 2 is 2.17 bits per heavy atom. The molecule has 0 saturated heterocycles. The van der Waals surface area contributed by atoms with E-state index in [1.54, 1.807) is 12.1 Å². The van der Waals surface area contributed by atoms with Gasteiger partial charge in [-0.1, -0.05) is 29.8 Å². The summed E-state index contributed by atoms with van der Waals surface area (Å²) in [4.78, 5) is 11.0. The maximum atomic E-state index is 13.5. The summed E-state index contributed by atoms with van der Waals surface area (Å²) < 4.78 is 14.2. The van der Waals surface area contributed by atoms with E-state index in [2.05, 4.69) is 21.2 Å². The van der Waals surface area contributed by atoms with E-state index in [9.17, 15) is 9.18 Å². The van der Waals surface area contributed by atoms with Crippen molar-refractivity contribution in [2.24, 2.45) is 5.92 Å². The molecular formula is C13H17BrFNO2.